The fraction of sp³-hybridized carbons (Fsp3) is 0.556. The van der Waals surface area contributed by atoms with Gasteiger partial charge in [-0.3, -0.25) is 14.9 Å². The van der Waals surface area contributed by atoms with E-state index in [0.29, 0.717) is 24.0 Å². The Morgan fingerprint density at radius 3 is 3.04 bits per heavy atom. The van der Waals surface area contributed by atoms with Crippen molar-refractivity contribution in [2.24, 2.45) is 11.8 Å². The van der Waals surface area contributed by atoms with Gasteiger partial charge in [0.05, 0.1) is 18.3 Å². The van der Waals surface area contributed by atoms with Crippen LogP contribution in [0.15, 0.2) is 18.5 Å². The molecule has 2 aromatic heterocycles. The van der Waals surface area contributed by atoms with Gasteiger partial charge < -0.3 is 9.64 Å². The van der Waals surface area contributed by atoms with E-state index in [-0.39, 0.29) is 12.0 Å². The quantitative estimate of drug-likeness (QED) is 0.915. The number of carbonyl (C=O) groups is 1. The van der Waals surface area contributed by atoms with E-state index in [0.717, 1.165) is 43.1 Å². The van der Waals surface area contributed by atoms with Gasteiger partial charge in [0.2, 0.25) is 0 Å². The summed E-state index contributed by atoms with van der Waals surface area (Å²) in [7, 11) is 0. The number of aryl methyl sites for hydroxylation is 2. The number of fused-ring (bicyclic) bond motifs is 1. The number of likely N-dealkylation sites (tertiary alicyclic amines) is 1. The third kappa shape index (κ3) is 3.28. The Labute approximate surface area is 146 Å². The average Bonchev–Trinajstić information content (AvgIpc) is 3.20. The van der Waals surface area contributed by atoms with Gasteiger partial charge in [-0.2, -0.15) is 5.10 Å². The molecule has 7 nitrogen and oxygen atoms in total. The number of aromatic amines is 1. The number of rotatable bonds is 3. The zero-order valence-electron chi connectivity index (χ0n) is 14.6. The number of pyridine rings is 1. The van der Waals surface area contributed by atoms with E-state index in [4.69, 9.17) is 4.74 Å². The summed E-state index contributed by atoms with van der Waals surface area (Å²) in [5.41, 5.74) is 1.68. The molecule has 0 bridgehead atoms. The van der Waals surface area contributed by atoms with Crippen LogP contribution >= 0.6 is 0 Å². The Morgan fingerprint density at radius 1 is 1.40 bits per heavy atom. The maximum Gasteiger partial charge on any atom is 0.255 e. The highest BCUT2D eigenvalue weighted by molar-refractivity contribution is 5.94. The lowest BCUT2D eigenvalue weighted by Crippen LogP contribution is -2.44. The Bertz CT molecular complexity index is 774. The number of hydrogen-bond acceptors (Lipinski definition) is 5. The number of carbonyl (C=O) groups excluding carboxylic acids is 1. The smallest absolute Gasteiger partial charge is 0.255 e. The molecule has 7 heteroatoms. The molecule has 0 aromatic carbocycles. The van der Waals surface area contributed by atoms with Gasteiger partial charge in [0.25, 0.3) is 5.91 Å². The predicted molar refractivity (Wildman–Crippen MR) is 91.0 cm³/mol. The molecule has 25 heavy (non-hydrogen) atoms. The molecule has 0 saturated carbocycles. The Hall–Kier alpha value is -2.28. The van der Waals surface area contributed by atoms with Crippen molar-refractivity contribution >= 4 is 5.91 Å². The van der Waals surface area contributed by atoms with Crippen molar-refractivity contribution in [3.63, 3.8) is 0 Å². The van der Waals surface area contributed by atoms with Crippen LogP contribution in [0.25, 0.3) is 0 Å². The number of nitrogens with one attached hydrogen (secondary N) is 1. The lowest BCUT2D eigenvalue weighted by Gasteiger charge is -2.35. The second-order valence-electron chi connectivity index (χ2n) is 7.13. The first-order valence-electron chi connectivity index (χ1n) is 8.80. The normalized spacial score (nSPS) is 25.8. The van der Waals surface area contributed by atoms with Crippen LogP contribution in [0.2, 0.25) is 0 Å². The standard InChI is InChI=1S/C18H23N5O2/c1-11-5-13(8-19-7-11)18(24)23-4-3-15-14(9-23)10-25-16(15)6-17-20-12(2)21-22-17/h5,7-8,14-16H,3-4,6,9-10H2,1-2H3,(H,20,21,22)/t14-,15-,16-/m1/s1. The first-order valence-corrected chi connectivity index (χ1v) is 8.80. The molecule has 4 heterocycles. The molecule has 0 aliphatic carbocycles. The van der Waals surface area contributed by atoms with Crippen LogP contribution in [0, 0.1) is 25.7 Å². The van der Waals surface area contributed by atoms with E-state index in [1.807, 2.05) is 24.8 Å². The summed E-state index contributed by atoms with van der Waals surface area (Å²) < 4.78 is 6.02. The van der Waals surface area contributed by atoms with Gasteiger partial charge in [-0.05, 0) is 37.8 Å². The van der Waals surface area contributed by atoms with Crippen LogP contribution < -0.4 is 0 Å². The van der Waals surface area contributed by atoms with Crippen LogP contribution in [0.5, 0.6) is 0 Å². The minimum Gasteiger partial charge on any atom is -0.377 e. The fourth-order valence-electron chi connectivity index (χ4n) is 4.00. The molecule has 0 radical (unpaired) electrons. The van der Waals surface area contributed by atoms with Gasteiger partial charge in [0, 0.05) is 37.8 Å². The molecule has 0 spiro atoms. The Kier molecular flexibility index (Phi) is 4.25. The van der Waals surface area contributed by atoms with Crippen LogP contribution in [0.1, 0.15) is 34.0 Å². The number of H-pyrrole nitrogens is 1. The first-order chi connectivity index (χ1) is 12.1. The summed E-state index contributed by atoms with van der Waals surface area (Å²) in [5, 5.41) is 7.10. The monoisotopic (exact) mass is 341 g/mol. The number of ether oxygens (including phenoxy) is 1. The highest BCUT2D eigenvalue weighted by atomic mass is 16.5. The zero-order chi connectivity index (χ0) is 17.4. The summed E-state index contributed by atoms with van der Waals surface area (Å²) in [6.07, 6.45) is 5.27. The minimum atomic E-state index is 0.0719. The van der Waals surface area contributed by atoms with Crippen molar-refractivity contribution < 1.29 is 9.53 Å². The molecule has 4 rings (SSSR count). The van der Waals surface area contributed by atoms with Crippen LogP contribution in [-0.2, 0) is 11.2 Å². The first kappa shape index (κ1) is 16.2. The lowest BCUT2D eigenvalue weighted by molar-refractivity contribution is 0.0609. The highest BCUT2D eigenvalue weighted by Gasteiger charge is 2.42. The van der Waals surface area contributed by atoms with Gasteiger partial charge in [0.1, 0.15) is 5.82 Å². The predicted octanol–water partition coefficient (Wildman–Crippen LogP) is 1.54. The maximum absolute atomic E-state index is 12.7. The van der Waals surface area contributed by atoms with E-state index in [9.17, 15) is 4.79 Å². The summed E-state index contributed by atoms with van der Waals surface area (Å²) in [5.74, 6) is 2.57. The summed E-state index contributed by atoms with van der Waals surface area (Å²) in [4.78, 5) is 23.2. The van der Waals surface area contributed by atoms with Gasteiger partial charge >= 0.3 is 0 Å². The number of hydrogen-bond donors (Lipinski definition) is 1. The Morgan fingerprint density at radius 2 is 2.28 bits per heavy atom. The van der Waals surface area contributed by atoms with E-state index in [1.165, 1.54) is 0 Å². The van der Waals surface area contributed by atoms with Crippen molar-refractivity contribution in [3.8, 4) is 0 Å². The van der Waals surface area contributed by atoms with Crippen molar-refractivity contribution in [2.45, 2.75) is 32.8 Å². The van der Waals surface area contributed by atoms with Crippen LogP contribution in [0.4, 0.5) is 0 Å². The molecular weight excluding hydrogens is 318 g/mol. The fourth-order valence-corrected chi connectivity index (χ4v) is 4.00. The van der Waals surface area contributed by atoms with Crippen molar-refractivity contribution in [2.75, 3.05) is 19.7 Å². The van der Waals surface area contributed by atoms with Crippen molar-refractivity contribution in [1.29, 1.82) is 0 Å². The molecule has 2 aromatic rings. The number of amides is 1. The zero-order valence-corrected chi connectivity index (χ0v) is 14.6. The van der Waals surface area contributed by atoms with Crippen molar-refractivity contribution in [1.82, 2.24) is 25.1 Å². The molecule has 2 saturated heterocycles. The topological polar surface area (TPSA) is 84.0 Å². The molecule has 3 atom stereocenters. The molecule has 2 fully saturated rings. The van der Waals surface area contributed by atoms with E-state index in [2.05, 4.69) is 20.2 Å². The van der Waals surface area contributed by atoms with Crippen molar-refractivity contribution in [3.05, 3.63) is 41.2 Å². The Balaban J connectivity index is 1.40. The largest absolute Gasteiger partial charge is 0.377 e. The number of piperidine rings is 1. The summed E-state index contributed by atoms with van der Waals surface area (Å²) in [6.45, 7) is 6.08. The molecular formula is C18H23N5O2. The second-order valence-corrected chi connectivity index (χ2v) is 7.13. The van der Waals surface area contributed by atoms with Gasteiger partial charge in [0.15, 0.2) is 5.82 Å². The molecule has 1 amide bonds. The molecule has 1 N–H and O–H groups in total. The summed E-state index contributed by atoms with van der Waals surface area (Å²) in [6, 6.07) is 1.90. The molecule has 0 unspecified atom stereocenters. The highest BCUT2D eigenvalue weighted by Crippen LogP contribution is 2.36. The van der Waals surface area contributed by atoms with Gasteiger partial charge in [-0.1, -0.05) is 0 Å². The number of aromatic nitrogens is 4. The maximum atomic E-state index is 12.7. The average molecular weight is 341 g/mol. The second kappa shape index (κ2) is 6.55. The van der Waals surface area contributed by atoms with E-state index >= 15 is 0 Å². The van der Waals surface area contributed by atoms with Gasteiger partial charge in [-0.25, -0.2) is 4.98 Å². The molecule has 2 aliphatic heterocycles. The molecule has 2 aliphatic rings. The molecule has 132 valence electrons. The lowest BCUT2D eigenvalue weighted by atomic mass is 9.83. The van der Waals surface area contributed by atoms with E-state index in [1.54, 1.807) is 12.4 Å². The van der Waals surface area contributed by atoms with Gasteiger partial charge in [-0.15, -0.1) is 0 Å². The number of nitrogens with zero attached hydrogens (tertiary/aromatic N) is 4. The van der Waals surface area contributed by atoms with E-state index < -0.39 is 0 Å². The SMILES string of the molecule is Cc1cncc(C(=O)N2CC[C@@H]3[C@@H](CO[C@@H]3Cc3n[nH]c(C)n3)C2)c1. The third-order valence-electron chi connectivity index (χ3n) is 5.23. The minimum absolute atomic E-state index is 0.0719. The van der Waals surface area contributed by atoms with Crippen LogP contribution in [0.3, 0.4) is 0 Å². The summed E-state index contributed by atoms with van der Waals surface area (Å²) >= 11 is 0. The third-order valence-corrected chi connectivity index (χ3v) is 5.23. The van der Waals surface area contributed by atoms with Crippen LogP contribution in [-0.4, -0.2) is 56.8 Å².